The second kappa shape index (κ2) is 6.41. The predicted octanol–water partition coefficient (Wildman–Crippen LogP) is 0.657. The third-order valence-corrected chi connectivity index (χ3v) is 2.79. The molecule has 0 aliphatic rings. The largest absolute Gasteiger partial charge is 0.497 e. The fourth-order valence-electron chi connectivity index (χ4n) is 1.87. The molecule has 0 saturated heterocycles. The number of aryl methyl sites for hydroxylation is 1. The van der Waals surface area contributed by atoms with Crippen molar-refractivity contribution in [3.63, 3.8) is 0 Å². The van der Waals surface area contributed by atoms with Crippen LogP contribution in [0.1, 0.15) is 11.4 Å². The molecule has 20 heavy (non-hydrogen) atoms. The molecule has 0 saturated carbocycles. The molecule has 2 aromatic rings. The molecule has 0 unspecified atom stereocenters. The summed E-state index contributed by atoms with van der Waals surface area (Å²) in [7, 11) is 0.0304. The molecule has 2 rings (SSSR count). The SMILES string of the molecule is COc1cc(C)nc(COc2ccccc2B(O)O)c1. The summed E-state index contributed by atoms with van der Waals surface area (Å²) in [6, 6.07) is 10.4. The molecule has 0 aliphatic heterocycles. The van der Waals surface area contributed by atoms with Gasteiger partial charge in [-0.1, -0.05) is 18.2 Å². The minimum Gasteiger partial charge on any atom is -0.497 e. The number of methoxy groups -OCH3 is 1. The van der Waals surface area contributed by atoms with E-state index < -0.39 is 7.12 Å². The number of para-hydroxylation sites is 1. The van der Waals surface area contributed by atoms with Crippen LogP contribution in [-0.2, 0) is 6.61 Å². The smallest absolute Gasteiger partial charge is 0.492 e. The van der Waals surface area contributed by atoms with Gasteiger partial charge in [-0.15, -0.1) is 0 Å². The summed E-state index contributed by atoms with van der Waals surface area (Å²) in [5.74, 6) is 1.14. The number of hydrogen-bond donors (Lipinski definition) is 2. The van der Waals surface area contributed by atoms with Crippen molar-refractivity contribution in [3.05, 3.63) is 47.8 Å². The van der Waals surface area contributed by atoms with E-state index in [1.165, 1.54) is 0 Å². The van der Waals surface area contributed by atoms with Crippen molar-refractivity contribution >= 4 is 12.6 Å². The summed E-state index contributed by atoms with van der Waals surface area (Å²) in [5.41, 5.74) is 1.87. The molecule has 0 bridgehead atoms. The normalized spacial score (nSPS) is 10.2. The average Bonchev–Trinajstić information content (AvgIpc) is 2.44. The van der Waals surface area contributed by atoms with Crippen molar-refractivity contribution in [2.75, 3.05) is 7.11 Å². The quantitative estimate of drug-likeness (QED) is 0.783. The van der Waals surface area contributed by atoms with Crippen LogP contribution in [-0.4, -0.2) is 29.3 Å². The molecule has 0 spiro atoms. The maximum atomic E-state index is 9.27. The Morgan fingerprint density at radius 3 is 2.65 bits per heavy atom. The minimum atomic E-state index is -1.56. The zero-order valence-electron chi connectivity index (χ0n) is 11.4. The Morgan fingerprint density at radius 2 is 1.95 bits per heavy atom. The molecule has 0 amide bonds. The summed E-state index contributed by atoms with van der Waals surface area (Å²) < 4.78 is 10.8. The summed E-state index contributed by atoms with van der Waals surface area (Å²) >= 11 is 0. The number of nitrogens with zero attached hydrogens (tertiary/aromatic N) is 1. The first-order valence-corrected chi connectivity index (χ1v) is 6.19. The number of ether oxygens (including phenoxy) is 2. The Balaban J connectivity index is 2.15. The molecule has 104 valence electrons. The number of rotatable bonds is 5. The zero-order chi connectivity index (χ0) is 14.5. The van der Waals surface area contributed by atoms with Gasteiger partial charge in [0.15, 0.2) is 0 Å². The third-order valence-electron chi connectivity index (χ3n) is 2.79. The van der Waals surface area contributed by atoms with Crippen LogP contribution in [0.4, 0.5) is 0 Å². The van der Waals surface area contributed by atoms with E-state index in [0.717, 1.165) is 5.69 Å². The second-order valence-electron chi connectivity index (χ2n) is 4.34. The molecular weight excluding hydrogens is 257 g/mol. The highest BCUT2D eigenvalue weighted by atomic mass is 16.5. The van der Waals surface area contributed by atoms with Crippen molar-refractivity contribution in [2.24, 2.45) is 0 Å². The van der Waals surface area contributed by atoms with Gasteiger partial charge in [-0.3, -0.25) is 4.98 Å². The zero-order valence-corrected chi connectivity index (χ0v) is 11.4. The van der Waals surface area contributed by atoms with Crippen molar-refractivity contribution < 1.29 is 19.5 Å². The summed E-state index contributed by atoms with van der Waals surface area (Å²) in [4.78, 5) is 4.34. The van der Waals surface area contributed by atoms with E-state index in [1.807, 2.05) is 13.0 Å². The molecule has 0 radical (unpaired) electrons. The molecule has 0 atom stereocenters. The summed E-state index contributed by atoms with van der Waals surface area (Å²) in [6.07, 6.45) is 0. The van der Waals surface area contributed by atoms with E-state index in [-0.39, 0.29) is 6.61 Å². The Bertz CT molecular complexity index is 589. The lowest BCUT2D eigenvalue weighted by atomic mass is 9.79. The summed E-state index contributed by atoms with van der Waals surface area (Å²) in [5, 5.41) is 18.5. The standard InChI is InChI=1S/C14H16BNO4/c1-10-7-12(19-2)8-11(16-10)9-20-14-6-4-3-5-13(14)15(17)18/h3-8,17-18H,9H2,1-2H3. The highest BCUT2D eigenvalue weighted by molar-refractivity contribution is 6.59. The average molecular weight is 273 g/mol. The topological polar surface area (TPSA) is 71.8 Å². The molecule has 6 heteroatoms. The summed E-state index contributed by atoms with van der Waals surface area (Å²) in [6.45, 7) is 2.10. The van der Waals surface area contributed by atoms with Crippen molar-refractivity contribution in [2.45, 2.75) is 13.5 Å². The van der Waals surface area contributed by atoms with Crippen LogP contribution in [0.2, 0.25) is 0 Å². The molecule has 1 aromatic heterocycles. The van der Waals surface area contributed by atoms with Gasteiger partial charge < -0.3 is 19.5 Å². The fourth-order valence-corrected chi connectivity index (χ4v) is 1.87. The first-order valence-electron chi connectivity index (χ1n) is 6.19. The van der Waals surface area contributed by atoms with Gasteiger partial charge in [-0.2, -0.15) is 0 Å². The maximum absolute atomic E-state index is 9.27. The van der Waals surface area contributed by atoms with Crippen LogP contribution in [0, 0.1) is 6.92 Å². The number of aromatic nitrogens is 1. The van der Waals surface area contributed by atoms with Crippen molar-refractivity contribution in [3.8, 4) is 11.5 Å². The van der Waals surface area contributed by atoms with E-state index in [1.54, 1.807) is 37.4 Å². The first kappa shape index (κ1) is 14.4. The molecule has 2 N–H and O–H groups in total. The molecule has 1 heterocycles. The molecule has 0 fully saturated rings. The minimum absolute atomic E-state index is 0.224. The number of benzene rings is 1. The van der Waals surface area contributed by atoms with Gasteiger partial charge in [-0.05, 0) is 13.0 Å². The van der Waals surface area contributed by atoms with Crippen LogP contribution >= 0.6 is 0 Å². The van der Waals surface area contributed by atoms with E-state index in [4.69, 9.17) is 9.47 Å². The van der Waals surface area contributed by atoms with Gasteiger partial charge in [0.2, 0.25) is 0 Å². The lowest BCUT2D eigenvalue weighted by molar-refractivity contribution is 0.300. The molecular formula is C14H16BNO4. The molecule has 0 aliphatic carbocycles. The third kappa shape index (κ3) is 3.49. The van der Waals surface area contributed by atoms with Gasteiger partial charge in [0.25, 0.3) is 0 Å². The monoisotopic (exact) mass is 273 g/mol. The van der Waals surface area contributed by atoms with Crippen LogP contribution in [0.15, 0.2) is 36.4 Å². The number of hydrogen-bond acceptors (Lipinski definition) is 5. The van der Waals surface area contributed by atoms with Gasteiger partial charge in [0.1, 0.15) is 18.1 Å². The number of pyridine rings is 1. The Morgan fingerprint density at radius 1 is 1.20 bits per heavy atom. The predicted molar refractivity (Wildman–Crippen MR) is 76.1 cm³/mol. The van der Waals surface area contributed by atoms with E-state index in [0.29, 0.717) is 22.7 Å². The van der Waals surface area contributed by atoms with Crippen LogP contribution in [0.3, 0.4) is 0 Å². The maximum Gasteiger partial charge on any atom is 0.492 e. The van der Waals surface area contributed by atoms with Crippen LogP contribution < -0.4 is 14.9 Å². The second-order valence-corrected chi connectivity index (χ2v) is 4.34. The molecule has 1 aromatic carbocycles. The van der Waals surface area contributed by atoms with Crippen molar-refractivity contribution in [1.29, 1.82) is 0 Å². The Kier molecular flexibility index (Phi) is 4.60. The molecule has 5 nitrogen and oxygen atoms in total. The van der Waals surface area contributed by atoms with Crippen molar-refractivity contribution in [1.82, 2.24) is 4.98 Å². The highest BCUT2D eigenvalue weighted by Crippen LogP contribution is 2.15. The first-order chi connectivity index (χ1) is 9.60. The van der Waals surface area contributed by atoms with Gasteiger partial charge in [0.05, 0.1) is 12.8 Å². The van der Waals surface area contributed by atoms with E-state index in [2.05, 4.69) is 4.98 Å². The van der Waals surface area contributed by atoms with Gasteiger partial charge in [0, 0.05) is 23.3 Å². The lowest BCUT2D eigenvalue weighted by Crippen LogP contribution is -2.31. The van der Waals surface area contributed by atoms with Crippen LogP contribution in [0.25, 0.3) is 0 Å². The van der Waals surface area contributed by atoms with E-state index >= 15 is 0 Å². The lowest BCUT2D eigenvalue weighted by Gasteiger charge is -2.11. The van der Waals surface area contributed by atoms with E-state index in [9.17, 15) is 10.0 Å². The van der Waals surface area contributed by atoms with Crippen LogP contribution in [0.5, 0.6) is 11.5 Å². The van der Waals surface area contributed by atoms with Gasteiger partial charge >= 0.3 is 7.12 Å². The van der Waals surface area contributed by atoms with Gasteiger partial charge in [-0.25, -0.2) is 0 Å². The Labute approximate surface area is 118 Å². The Hall–Kier alpha value is -2.05. The fraction of sp³-hybridized carbons (Fsp3) is 0.214. The highest BCUT2D eigenvalue weighted by Gasteiger charge is 2.16.